The summed E-state index contributed by atoms with van der Waals surface area (Å²) in [5.41, 5.74) is -0.0932. The molecule has 0 saturated carbocycles. The molecule has 0 aliphatic heterocycles. The third kappa shape index (κ3) is 7.79. The van der Waals surface area contributed by atoms with Crippen LogP contribution in [0, 0.1) is 13.2 Å². The quantitative estimate of drug-likeness (QED) is 0.325. The number of rotatable bonds is 6. The van der Waals surface area contributed by atoms with E-state index in [4.69, 9.17) is 10.5 Å². The van der Waals surface area contributed by atoms with Gasteiger partial charge in [-0.25, -0.2) is 0 Å². The summed E-state index contributed by atoms with van der Waals surface area (Å²) in [5.74, 6) is 0. The van der Waals surface area contributed by atoms with Gasteiger partial charge in [0.05, 0.1) is 0 Å². The van der Waals surface area contributed by atoms with Gasteiger partial charge in [-0.1, -0.05) is 0 Å². The second-order valence-electron chi connectivity index (χ2n) is 3.62. The van der Waals surface area contributed by atoms with Crippen LogP contribution in [-0.2, 0) is 29.3 Å². The first kappa shape index (κ1) is 16.8. The fourth-order valence-electron chi connectivity index (χ4n) is 0.869. The molecule has 0 aromatic carbocycles. The van der Waals surface area contributed by atoms with Crippen LogP contribution in [0.15, 0.2) is 0 Å². The second-order valence-corrected chi connectivity index (χ2v) is 3.62. The standard InChI is InChI=1S/C8H17NO4.Zn/c1-8(2,3)9(4-6-12-10)5-7-13-11;/h6-7,10-11H,4-5H2,1-3H3;/q-2;+2. The Labute approximate surface area is 97.6 Å². The van der Waals surface area contributed by atoms with Crippen LogP contribution in [-0.4, -0.2) is 34.0 Å². The molecule has 5 nitrogen and oxygen atoms in total. The van der Waals surface area contributed by atoms with E-state index < -0.39 is 0 Å². The minimum Gasteiger partial charge on any atom is -0.414 e. The van der Waals surface area contributed by atoms with Crippen molar-refractivity contribution in [1.29, 1.82) is 0 Å². The Hall–Kier alpha value is 0.423. The van der Waals surface area contributed by atoms with Crippen LogP contribution in [0.5, 0.6) is 0 Å². The molecule has 0 aromatic heterocycles. The van der Waals surface area contributed by atoms with E-state index in [-0.39, 0.29) is 25.0 Å². The number of hydrogen-bond donors (Lipinski definition) is 2. The van der Waals surface area contributed by atoms with E-state index >= 15 is 0 Å². The molecule has 0 aromatic rings. The summed E-state index contributed by atoms with van der Waals surface area (Å²) in [6.45, 7) is 9.42. The van der Waals surface area contributed by atoms with Gasteiger partial charge >= 0.3 is 19.5 Å². The van der Waals surface area contributed by atoms with Gasteiger partial charge in [-0.2, -0.15) is 13.2 Å². The maximum absolute atomic E-state index is 8.13. The SMILES string of the molecule is CC(C)(C)N(C[CH-]OO)C[CH-]OO.[Zn+2]. The molecule has 14 heavy (non-hydrogen) atoms. The van der Waals surface area contributed by atoms with E-state index in [2.05, 4.69) is 9.78 Å². The van der Waals surface area contributed by atoms with Crippen LogP contribution in [0.25, 0.3) is 0 Å². The monoisotopic (exact) mass is 255 g/mol. The Bertz CT molecular complexity index is 121. The third-order valence-corrected chi connectivity index (χ3v) is 1.69. The van der Waals surface area contributed by atoms with Gasteiger partial charge < -0.3 is 14.7 Å². The molecule has 0 amide bonds. The molecule has 0 atom stereocenters. The summed E-state index contributed by atoms with van der Waals surface area (Å²) in [5, 5.41) is 16.3. The fraction of sp³-hybridized carbons (Fsp3) is 0.750. The molecule has 0 heterocycles. The molecule has 0 aliphatic rings. The van der Waals surface area contributed by atoms with Crippen LogP contribution in [0.4, 0.5) is 0 Å². The minimum atomic E-state index is -0.0932. The summed E-state index contributed by atoms with van der Waals surface area (Å²) in [6.07, 6.45) is 0. The van der Waals surface area contributed by atoms with E-state index in [1.807, 2.05) is 25.7 Å². The van der Waals surface area contributed by atoms with Crippen LogP contribution < -0.4 is 0 Å². The zero-order valence-electron chi connectivity index (χ0n) is 8.93. The van der Waals surface area contributed by atoms with Crippen molar-refractivity contribution in [3.8, 4) is 0 Å². The predicted octanol–water partition coefficient (Wildman–Crippen LogP) is 1.39. The van der Waals surface area contributed by atoms with Crippen LogP contribution in [0.2, 0.25) is 0 Å². The normalized spacial score (nSPS) is 11.6. The Balaban J connectivity index is 0. The summed E-state index contributed by atoms with van der Waals surface area (Å²) in [4.78, 5) is 9.66. The maximum Gasteiger partial charge on any atom is 2.00 e. The molecule has 2 N–H and O–H groups in total. The minimum absolute atomic E-state index is 0. The van der Waals surface area contributed by atoms with Gasteiger partial charge in [-0.15, -0.1) is 13.1 Å². The molecule has 0 bridgehead atoms. The maximum atomic E-state index is 8.13. The van der Waals surface area contributed by atoms with Gasteiger partial charge in [-0.3, -0.25) is 10.5 Å². The van der Waals surface area contributed by atoms with E-state index in [0.717, 1.165) is 0 Å². The first-order valence-electron chi connectivity index (χ1n) is 4.01. The van der Waals surface area contributed by atoms with Crippen LogP contribution in [0.1, 0.15) is 20.8 Å². The molecule has 6 heteroatoms. The van der Waals surface area contributed by atoms with Crippen molar-refractivity contribution in [2.75, 3.05) is 13.1 Å². The van der Waals surface area contributed by atoms with Crippen molar-refractivity contribution >= 4 is 0 Å². The number of hydrogen-bond acceptors (Lipinski definition) is 5. The average molecular weight is 257 g/mol. The summed E-state index contributed by atoms with van der Waals surface area (Å²) in [6, 6.07) is 0. The number of nitrogens with zero attached hydrogens (tertiary/aromatic N) is 1. The van der Waals surface area contributed by atoms with Crippen molar-refractivity contribution in [1.82, 2.24) is 4.90 Å². The molecule has 0 unspecified atom stereocenters. The van der Waals surface area contributed by atoms with E-state index in [0.29, 0.717) is 13.1 Å². The molecule has 80 valence electrons. The molecule has 0 aliphatic carbocycles. The van der Waals surface area contributed by atoms with Crippen molar-refractivity contribution in [2.24, 2.45) is 0 Å². The van der Waals surface area contributed by atoms with E-state index in [1.165, 1.54) is 13.2 Å². The summed E-state index contributed by atoms with van der Waals surface area (Å²) < 4.78 is 0. The Morgan fingerprint density at radius 1 is 1.07 bits per heavy atom. The van der Waals surface area contributed by atoms with Crippen molar-refractivity contribution in [2.45, 2.75) is 26.3 Å². The predicted molar refractivity (Wildman–Crippen MR) is 47.4 cm³/mol. The molecule has 0 saturated heterocycles. The Morgan fingerprint density at radius 2 is 1.43 bits per heavy atom. The Kier molecular flexibility index (Phi) is 10.5. The first-order chi connectivity index (χ1) is 6.02. The largest absolute Gasteiger partial charge is 2.00 e. The summed E-state index contributed by atoms with van der Waals surface area (Å²) >= 11 is 0. The second kappa shape index (κ2) is 8.71. The third-order valence-electron chi connectivity index (χ3n) is 1.69. The van der Waals surface area contributed by atoms with Crippen molar-refractivity contribution < 1.29 is 39.8 Å². The van der Waals surface area contributed by atoms with Gasteiger partial charge in [0.15, 0.2) is 0 Å². The molecular formula is C8H17NO4Zn. The molecule has 0 radical (unpaired) electrons. The van der Waals surface area contributed by atoms with Gasteiger partial charge in [0, 0.05) is 5.54 Å². The smallest absolute Gasteiger partial charge is 0.414 e. The van der Waals surface area contributed by atoms with E-state index in [9.17, 15) is 0 Å². The average Bonchev–Trinajstić information content (AvgIpc) is 2.02. The van der Waals surface area contributed by atoms with Crippen molar-refractivity contribution in [3.63, 3.8) is 0 Å². The topological polar surface area (TPSA) is 62.2 Å². The first-order valence-corrected chi connectivity index (χ1v) is 4.01. The van der Waals surface area contributed by atoms with Crippen LogP contribution in [0.3, 0.4) is 0 Å². The Morgan fingerprint density at radius 3 is 1.64 bits per heavy atom. The molecule has 0 rings (SSSR count). The summed E-state index contributed by atoms with van der Waals surface area (Å²) in [7, 11) is 0. The molecule has 0 spiro atoms. The van der Waals surface area contributed by atoms with Crippen molar-refractivity contribution in [3.05, 3.63) is 13.2 Å². The van der Waals surface area contributed by atoms with Crippen LogP contribution >= 0.6 is 0 Å². The zero-order valence-corrected chi connectivity index (χ0v) is 11.9. The van der Waals surface area contributed by atoms with Gasteiger partial charge in [-0.05, 0) is 20.8 Å². The zero-order chi connectivity index (χ0) is 10.3. The fourth-order valence-corrected chi connectivity index (χ4v) is 0.869. The van der Waals surface area contributed by atoms with Gasteiger partial charge in [0.2, 0.25) is 0 Å². The van der Waals surface area contributed by atoms with Gasteiger partial charge in [0.1, 0.15) is 0 Å². The van der Waals surface area contributed by atoms with E-state index in [1.54, 1.807) is 0 Å². The molecule has 0 fully saturated rings. The van der Waals surface area contributed by atoms with Gasteiger partial charge in [0.25, 0.3) is 0 Å². The molecular weight excluding hydrogens is 239 g/mol.